The van der Waals surface area contributed by atoms with E-state index in [-0.39, 0.29) is 12.5 Å². The van der Waals surface area contributed by atoms with Crippen LogP contribution in [0.3, 0.4) is 0 Å². The minimum Gasteiger partial charge on any atom is -0.493 e. The number of thiazole rings is 1. The maximum absolute atomic E-state index is 13.3. The average Bonchev–Trinajstić information content (AvgIpc) is 3.18. The Morgan fingerprint density at radius 3 is 2.72 bits per heavy atom. The number of hydrogen-bond acceptors (Lipinski definition) is 7. The molecule has 7 nitrogen and oxygen atoms in total. The summed E-state index contributed by atoms with van der Waals surface area (Å²) in [6.07, 6.45) is 5.93. The van der Waals surface area contributed by atoms with Crippen molar-refractivity contribution in [2.75, 3.05) is 32.3 Å². The third kappa shape index (κ3) is 4.76. The van der Waals surface area contributed by atoms with Crippen molar-refractivity contribution in [2.45, 2.75) is 25.7 Å². The molecule has 0 saturated heterocycles. The van der Waals surface area contributed by atoms with Gasteiger partial charge in [0.05, 0.1) is 19.9 Å². The van der Waals surface area contributed by atoms with Gasteiger partial charge in [0.1, 0.15) is 0 Å². The molecule has 1 aromatic heterocycles. The fourth-order valence-corrected chi connectivity index (χ4v) is 4.26. The summed E-state index contributed by atoms with van der Waals surface area (Å²) in [6, 6.07) is 4.86. The molecule has 8 heteroatoms. The van der Waals surface area contributed by atoms with Gasteiger partial charge in [0, 0.05) is 17.0 Å². The first-order chi connectivity index (χ1) is 14.1. The largest absolute Gasteiger partial charge is 0.493 e. The highest BCUT2D eigenvalue weighted by Crippen LogP contribution is 2.34. The van der Waals surface area contributed by atoms with Gasteiger partial charge in [-0.1, -0.05) is 6.08 Å². The van der Waals surface area contributed by atoms with E-state index in [4.69, 9.17) is 14.5 Å². The van der Waals surface area contributed by atoms with Crippen molar-refractivity contribution in [2.24, 2.45) is 0 Å². The molecule has 1 amide bonds. The molecule has 0 bridgehead atoms. The van der Waals surface area contributed by atoms with E-state index in [2.05, 4.69) is 11.3 Å². The molecule has 0 N–H and O–H groups in total. The standard InChI is InChI=1S/C21H24N2O5S/c1-4-11-23(21-22-15-7-5-6-8-18(15)29-21)20(25)14-9-10-16(26-2)17(12-14)28-13-19(24)27-3/h4,9-10,12H,1,5-8,11,13H2,2-3H3. The van der Waals surface area contributed by atoms with Gasteiger partial charge in [0.2, 0.25) is 0 Å². The predicted molar refractivity (Wildman–Crippen MR) is 111 cm³/mol. The number of nitrogens with zero attached hydrogens (tertiary/aromatic N) is 2. The van der Waals surface area contributed by atoms with Crippen molar-refractivity contribution in [1.29, 1.82) is 0 Å². The van der Waals surface area contributed by atoms with E-state index in [0.29, 0.717) is 28.7 Å². The number of carbonyl (C=O) groups excluding carboxylic acids is 2. The smallest absolute Gasteiger partial charge is 0.343 e. The highest BCUT2D eigenvalue weighted by Gasteiger charge is 2.24. The molecule has 0 spiro atoms. The van der Waals surface area contributed by atoms with Crippen LogP contribution in [0.5, 0.6) is 11.5 Å². The fraction of sp³-hybridized carbons (Fsp3) is 0.381. The molecule has 1 aromatic carbocycles. The quantitative estimate of drug-likeness (QED) is 0.485. The number of aryl methyl sites for hydroxylation is 2. The second kappa shape index (κ2) is 9.56. The number of aromatic nitrogens is 1. The molecular formula is C21H24N2O5S. The van der Waals surface area contributed by atoms with Crippen LogP contribution in [0, 0.1) is 0 Å². The third-order valence-corrected chi connectivity index (χ3v) is 5.79. The van der Waals surface area contributed by atoms with Crippen molar-refractivity contribution >= 4 is 28.3 Å². The zero-order chi connectivity index (χ0) is 20.8. The predicted octanol–water partition coefficient (Wildman–Crippen LogP) is 3.42. The minimum absolute atomic E-state index is 0.221. The van der Waals surface area contributed by atoms with E-state index in [9.17, 15) is 9.59 Å². The lowest BCUT2D eigenvalue weighted by atomic mass is 10.0. The normalized spacial score (nSPS) is 12.6. The lowest BCUT2D eigenvalue weighted by Gasteiger charge is -2.19. The SMILES string of the molecule is C=CCN(C(=O)c1ccc(OC)c(OCC(=O)OC)c1)c1nc2c(s1)CCCC2. The Labute approximate surface area is 173 Å². The molecule has 2 aromatic rings. The summed E-state index contributed by atoms with van der Waals surface area (Å²) in [5, 5.41) is 0.676. The summed E-state index contributed by atoms with van der Waals surface area (Å²) in [5.41, 5.74) is 1.50. The summed E-state index contributed by atoms with van der Waals surface area (Å²) in [4.78, 5) is 32.2. The van der Waals surface area contributed by atoms with Gasteiger partial charge in [-0.2, -0.15) is 0 Å². The Morgan fingerprint density at radius 1 is 1.24 bits per heavy atom. The van der Waals surface area contributed by atoms with Crippen LogP contribution in [0.2, 0.25) is 0 Å². The summed E-state index contributed by atoms with van der Waals surface area (Å²) in [7, 11) is 2.77. The van der Waals surface area contributed by atoms with Crippen LogP contribution in [0.4, 0.5) is 5.13 Å². The summed E-state index contributed by atoms with van der Waals surface area (Å²) < 4.78 is 15.3. The summed E-state index contributed by atoms with van der Waals surface area (Å²) in [5.74, 6) is -0.0295. The van der Waals surface area contributed by atoms with Crippen LogP contribution in [0.1, 0.15) is 33.8 Å². The Kier molecular flexibility index (Phi) is 6.87. The van der Waals surface area contributed by atoms with Crippen LogP contribution in [-0.4, -0.2) is 44.2 Å². The molecule has 0 saturated carbocycles. The maximum atomic E-state index is 13.3. The van der Waals surface area contributed by atoms with Crippen molar-refractivity contribution in [3.05, 3.63) is 47.0 Å². The van der Waals surface area contributed by atoms with Gasteiger partial charge in [0.25, 0.3) is 5.91 Å². The van der Waals surface area contributed by atoms with Crippen LogP contribution in [-0.2, 0) is 22.4 Å². The lowest BCUT2D eigenvalue weighted by molar-refractivity contribution is -0.142. The third-order valence-electron chi connectivity index (χ3n) is 4.61. The van der Waals surface area contributed by atoms with Crippen LogP contribution >= 0.6 is 11.3 Å². The second-order valence-electron chi connectivity index (χ2n) is 6.51. The van der Waals surface area contributed by atoms with Gasteiger partial charge in [-0.05, 0) is 43.9 Å². The highest BCUT2D eigenvalue weighted by molar-refractivity contribution is 7.16. The highest BCUT2D eigenvalue weighted by atomic mass is 32.1. The molecule has 0 atom stereocenters. The van der Waals surface area contributed by atoms with Gasteiger partial charge in [-0.25, -0.2) is 9.78 Å². The van der Waals surface area contributed by atoms with Gasteiger partial charge in [-0.15, -0.1) is 17.9 Å². The first kappa shape index (κ1) is 20.9. The van der Waals surface area contributed by atoms with Crippen molar-refractivity contribution < 1.29 is 23.8 Å². The number of carbonyl (C=O) groups is 2. The summed E-state index contributed by atoms with van der Waals surface area (Å²) in [6.45, 7) is 3.84. The number of rotatable bonds is 8. The Bertz CT molecular complexity index is 885. The zero-order valence-corrected chi connectivity index (χ0v) is 17.4. The van der Waals surface area contributed by atoms with Gasteiger partial charge >= 0.3 is 5.97 Å². The molecule has 154 valence electrons. The fourth-order valence-electron chi connectivity index (χ4n) is 3.10. The number of ether oxygens (including phenoxy) is 3. The van der Waals surface area contributed by atoms with Gasteiger partial charge in [0.15, 0.2) is 23.2 Å². The number of fused-ring (bicyclic) bond motifs is 1. The molecule has 1 aliphatic rings. The molecule has 1 heterocycles. The van der Waals surface area contributed by atoms with Crippen molar-refractivity contribution in [1.82, 2.24) is 4.98 Å². The van der Waals surface area contributed by atoms with E-state index < -0.39 is 5.97 Å². The molecule has 1 aliphatic carbocycles. The zero-order valence-electron chi connectivity index (χ0n) is 16.6. The minimum atomic E-state index is -0.523. The Morgan fingerprint density at radius 2 is 2.03 bits per heavy atom. The van der Waals surface area contributed by atoms with Gasteiger partial charge < -0.3 is 14.2 Å². The number of anilines is 1. The summed E-state index contributed by atoms with van der Waals surface area (Å²) >= 11 is 1.56. The van der Waals surface area contributed by atoms with E-state index in [1.54, 1.807) is 40.5 Å². The first-order valence-corrected chi connectivity index (χ1v) is 10.2. The second-order valence-corrected chi connectivity index (χ2v) is 7.57. The average molecular weight is 416 g/mol. The van der Waals surface area contributed by atoms with Crippen LogP contribution in [0.25, 0.3) is 0 Å². The van der Waals surface area contributed by atoms with E-state index >= 15 is 0 Å². The Hall–Kier alpha value is -2.87. The van der Waals surface area contributed by atoms with Crippen LogP contribution < -0.4 is 14.4 Å². The number of esters is 1. The number of benzene rings is 1. The molecule has 0 fully saturated rings. The Balaban J connectivity index is 1.88. The molecule has 29 heavy (non-hydrogen) atoms. The maximum Gasteiger partial charge on any atom is 0.343 e. The van der Waals surface area contributed by atoms with E-state index in [1.807, 2.05) is 0 Å². The van der Waals surface area contributed by atoms with E-state index in [1.165, 1.54) is 19.1 Å². The van der Waals surface area contributed by atoms with Crippen molar-refractivity contribution in [3.63, 3.8) is 0 Å². The van der Waals surface area contributed by atoms with Crippen molar-refractivity contribution in [3.8, 4) is 11.5 Å². The lowest BCUT2D eigenvalue weighted by Crippen LogP contribution is -2.31. The number of hydrogen-bond donors (Lipinski definition) is 0. The number of methoxy groups -OCH3 is 2. The van der Waals surface area contributed by atoms with Gasteiger partial charge in [-0.3, -0.25) is 9.69 Å². The molecule has 3 rings (SSSR count). The van der Waals surface area contributed by atoms with Crippen LogP contribution in [0.15, 0.2) is 30.9 Å². The molecule has 0 radical (unpaired) electrons. The monoisotopic (exact) mass is 416 g/mol. The molecule has 0 aliphatic heterocycles. The molecular weight excluding hydrogens is 392 g/mol. The topological polar surface area (TPSA) is 78.0 Å². The first-order valence-electron chi connectivity index (χ1n) is 9.36. The number of amides is 1. The molecule has 0 unspecified atom stereocenters. The van der Waals surface area contributed by atoms with E-state index in [0.717, 1.165) is 31.4 Å².